The molecule has 4 aromatic rings. The molecule has 0 radical (unpaired) electrons. The lowest BCUT2D eigenvalue weighted by atomic mass is 10.1. The lowest BCUT2D eigenvalue weighted by Crippen LogP contribution is -2.13. The highest BCUT2D eigenvalue weighted by Crippen LogP contribution is 2.30. The smallest absolute Gasteiger partial charge is 0.337 e. The van der Waals surface area contributed by atoms with Gasteiger partial charge in [-0.15, -0.1) is 0 Å². The van der Waals surface area contributed by atoms with E-state index in [9.17, 15) is 14.9 Å². The summed E-state index contributed by atoms with van der Waals surface area (Å²) in [4.78, 5) is 24.4. The van der Waals surface area contributed by atoms with Crippen LogP contribution in [-0.2, 0) is 22.7 Å². The molecule has 1 amide bonds. The number of methoxy groups -OCH3 is 2. The Morgan fingerprint density at radius 2 is 1.46 bits per heavy atom. The van der Waals surface area contributed by atoms with E-state index in [1.165, 1.54) is 25.3 Å². The van der Waals surface area contributed by atoms with Crippen molar-refractivity contribution in [2.45, 2.75) is 13.2 Å². The number of ether oxygens (including phenoxy) is 4. The van der Waals surface area contributed by atoms with E-state index in [-0.39, 0.29) is 12.2 Å². The summed E-state index contributed by atoms with van der Waals surface area (Å²) >= 11 is 0. The van der Waals surface area contributed by atoms with Gasteiger partial charge in [0.15, 0.2) is 11.5 Å². The van der Waals surface area contributed by atoms with Gasteiger partial charge in [-0.1, -0.05) is 54.6 Å². The summed E-state index contributed by atoms with van der Waals surface area (Å²) in [5.41, 5.74) is 3.13. The summed E-state index contributed by atoms with van der Waals surface area (Å²) in [7, 11) is 2.87. The zero-order valence-electron chi connectivity index (χ0n) is 22.6. The summed E-state index contributed by atoms with van der Waals surface area (Å²) in [6.45, 7) is 0.640. The second-order valence-corrected chi connectivity index (χ2v) is 8.78. The van der Waals surface area contributed by atoms with Crippen molar-refractivity contribution in [1.82, 2.24) is 0 Å². The standard InChI is InChI=1S/C33H28N2O6/c1-38-31-18-24(12-17-30(31)41-21-23-8-4-3-5-9-23)22-40-29-11-7-6-10-26(29)19-27(20-34)32(36)35-28-15-13-25(14-16-28)33(37)39-2/h3-19H,21-22H2,1-2H3,(H,35,36)/b27-19-. The monoisotopic (exact) mass is 548 g/mol. The number of para-hydroxylation sites is 1. The number of carbonyl (C=O) groups is 2. The molecule has 0 unspecified atom stereocenters. The molecule has 1 N–H and O–H groups in total. The Bertz CT molecular complexity index is 1570. The Hall–Kier alpha value is -5.55. The van der Waals surface area contributed by atoms with E-state index in [1.807, 2.05) is 60.7 Å². The molecule has 0 saturated carbocycles. The number of benzene rings is 4. The van der Waals surface area contributed by atoms with Gasteiger partial charge in [-0.25, -0.2) is 4.79 Å². The van der Waals surface area contributed by atoms with E-state index < -0.39 is 11.9 Å². The molecule has 0 aliphatic carbocycles. The van der Waals surface area contributed by atoms with Gasteiger partial charge in [0.2, 0.25) is 0 Å². The molecule has 0 saturated heterocycles. The minimum atomic E-state index is -0.594. The van der Waals surface area contributed by atoms with Crippen LogP contribution in [0.5, 0.6) is 17.2 Å². The Morgan fingerprint density at radius 1 is 0.780 bits per heavy atom. The maximum atomic E-state index is 12.8. The van der Waals surface area contributed by atoms with Gasteiger partial charge in [0.05, 0.1) is 19.8 Å². The largest absolute Gasteiger partial charge is 0.493 e. The number of nitrogens with zero attached hydrogens (tertiary/aromatic N) is 1. The molecule has 0 spiro atoms. The molecule has 41 heavy (non-hydrogen) atoms. The zero-order valence-corrected chi connectivity index (χ0v) is 22.6. The van der Waals surface area contributed by atoms with Crippen molar-refractivity contribution < 1.29 is 28.5 Å². The molecule has 0 bridgehead atoms. The molecule has 8 heteroatoms. The zero-order chi connectivity index (χ0) is 29.0. The highest BCUT2D eigenvalue weighted by molar-refractivity contribution is 6.10. The first kappa shape index (κ1) is 28.5. The number of nitriles is 1. The van der Waals surface area contributed by atoms with Crippen LogP contribution in [0.1, 0.15) is 27.0 Å². The highest BCUT2D eigenvalue weighted by Gasteiger charge is 2.13. The molecule has 4 rings (SSSR count). The van der Waals surface area contributed by atoms with E-state index in [0.29, 0.717) is 40.7 Å². The third-order valence-corrected chi connectivity index (χ3v) is 6.01. The molecule has 206 valence electrons. The van der Waals surface area contributed by atoms with Crippen LogP contribution in [-0.4, -0.2) is 26.1 Å². The number of amides is 1. The van der Waals surface area contributed by atoms with Gasteiger partial charge < -0.3 is 24.3 Å². The van der Waals surface area contributed by atoms with Crippen molar-refractivity contribution in [2.24, 2.45) is 0 Å². The molecular formula is C33H28N2O6. The Kier molecular flexibility index (Phi) is 9.73. The van der Waals surface area contributed by atoms with E-state index in [4.69, 9.17) is 14.2 Å². The second kappa shape index (κ2) is 14.0. The lowest BCUT2D eigenvalue weighted by Gasteiger charge is -2.14. The number of esters is 1. The molecule has 0 aliphatic rings. The van der Waals surface area contributed by atoms with Crippen molar-refractivity contribution in [3.05, 3.63) is 125 Å². The normalized spacial score (nSPS) is 10.7. The summed E-state index contributed by atoms with van der Waals surface area (Å²) < 4.78 is 22.2. The fourth-order valence-electron chi connectivity index (χ4n) is 3.86. The van der Waals surface area contributed by atoms with Crippen molar-refractivity contribution >= 4 is 23.6 Å². The summed E-state index contributed by atoms with van der Waals surface area (Å²) in [5.74, 6) is 0.622. The first-order chi connectivity index (χ1) is 20.0. The van der Waals surface area contributed by atoms with Crippen LogP contribution in [0.3, 0.4) is 0 Å². The maximum Gasteiger partial charge on any atom is 0.337 e. The van der Waals surface area contributed by atoms with E-state index in [2.05, 4.69) is 10.1 Å². The predicted molar refractivity (Wildman–Crippen MR) is 155 cm³/mol. The van der Waals surface area contributed by atoms with Gasteiger partial charge in [0.25, 0.3) is 5.91 Å². The molecule has 4 aromatic carbocycles. The van der Waals surface area contributed by atoms with Crippen molar-refractivity contribution in [3.8, 4) is 23.3 Å². The molecule has 0 aromatic heterocycles. The van der Waals surface area contributed by atoms with Gasteiger partial charge in [0, 0.05) is 11.3 Å². The van der Waals surface area contributed by atoms with Crippen molar-refractivity contribution in [3.63, 3.8) is 0 Å². The average molecular weight is 549 g/mol. The van der Waals surface area contributed by atoms with Crippen LogP contribution in [0.15, 0.2) is 103 Å². The third-order valence-electron chi connectivity index (χ3n) is 6.01. The van der Waals surface area contributed by atoms with Crippen LogP contribution in [0.4, 0.5) is 5.69 Å². The SMILES string of the molecule is COC(=O)c1ccc(NC(=O)/C(C#N)=C\c2ccccc2OCc2ccc(OCc3ccccc3)c(OC)c2)cc1. The number of rotatable bonds is 11. The highest BCUT2D eigenvalue weighted by atomic mass is 16.5. The minimum absolute atomic E-state index is 0.111. The first-order valence-corrected chi connectivity index (χ1v) is 12.7. The van der Waals surface area contributed by atoms with Gasteiger partial charge in [-0.3, -0.25) is 4.79 Å². The molecule has 0 atom stereocenters. The third kappa shape index (κ3) is 7.74. The van der Waals surface area contributed by atoms with Crippen LogP contribution < -0.4 is 19.5 Å². The molecule has 0 aliphatic heterocycles. The van der Waals surface area contributed by atoms with Gasteiger partial charge in [-0.2, -0.15) is 5.26 Å². The number of hydrogen-bond acceptors (Lipinski definition) is 7. The predicted octanol–water partition coefficient (Wildman–Crippen LogP) is 6.19. The maximum absolute atomic E-state index is 12.8. The van der Waals surface area contributed by atoms with Crippen LogP contribution in [0, 0.1) is 11.3 Å². The molecule has 0 fully saturated rings. The Morgan fingerprint density at radius 3 is 2.17 bits per heavy atom. The van der Waals surface area contributed by atoms with Gasteiger partial charge in [0.1, 0.15) is 30.6 Å². The van der Waals surface area contributed by atoms with Gasteiger partial charge in [-0.05, 0) is 59.7 Å². The van der Waals surface area contributed by atoms with E-state index in [1.54, 1.807) is 37.4 Å². The molecular weight excluding hydrogens is 520 g/mol. The number of nitrogens with one attached hydrogen (secondary N) is 1. The Labute approximate surface area is 238 Å². The lowest BCUT2D eigenvalue weighted by molar-refractivity contribution is -0.112. The quantitative estimate of drug-likeness (QED) is 0.135. The van der Waals surface area contributed by atoms with E-state index >= 15 is 0 Å². The summed E-state index contributed by atoms with van der Waals surface area (Å²) in [6, 6.07) is 30.7. The van der Waals surface area contributed by atoms with Crippen molar-refractivity contribution in [2.75, 3.05) is 19.5 Å². The summed E-state index contributed by atoms with van der Waals surface area (Å²) in [5, 5.41) is 12.3. The van der Waals surface area contributed by atoms with Crippen LogP contribution >= 0.6 is 0 Å². The van der Waals surface area contributed by atoms with Gasteiger partial charge >= 0.3 is 5.97 Å². The minimum Gasteiger partial charge on any atom is -0.493 e. The van der Waals surface area contributed by atoms with Crippen molar-refractivity contribution in [1.29, 1.82) is 5.26 Å². The van der Waals surface area contributed by atoms with E-state index in [0.717, 1.165) is 11.1 Å². The second-order valence-electron chi connectivity index (χ2n) is 8.78. The molecule has 8 nitrogen and oxygen atoms in total. The molecule has 0 heterocycles. The fraction of sp³-hybridized carbons (Fsp3) is 0.121. The fourth-order valence-corrected chi connectivity index (χ4v) is 3.86. The average Bonchev–Trinajstić information content (AvgIpc) is 3.02. The van der Waals surface area contributed by atoms with Crippen LogP contribution in [0.25, 0.3) is 6.08 Å². The van der Waals surface area contributed by atoms with Crippen LogP contribution in [0.2, 0.25) is 0 Å². The number of hydrogen-bond donors (Lipinski definition) is 1. The first-order valence-electron chi connectivity index (χ1n) is 12.7. The number of carbonyl (C=O) groups excluding carboxylic acids is 2. The Balaban J connectivity index is 1.43. The number of anilines is 1. The summed E-state index contributed by atoms with van der Waals surface area (Å²) in [6.07, 6.45) is 1.47. The topological polar surface area (TPSA) is 107 Å².